The molecule has 0 radical (unpaired) electrons. The molecule has 39 heavy (non-hydrogen) atoms. The summed E-state index contributed by atoms with van der Waals surface area (Å²) in [6.45, 7) is 4.49. The lowest BCUT2D eigenvalue weighted by Crippen LogP contribution is -2.40. The predicted octanol–water partition coefficient (Wildman–Crippen LogP) is 4.28. The minimum atomic E-state index is -1.39. The summed E-state index contributed by atoms with van der Waals surface area (Å²) < 4.78 is 50.1. The number of aryl methyl sites for hydroxylation is 1. The summed E-state index contributed by atoms with van der Waals surface area (Å²) in [4.78, 5) is 43.1. The third-order valence-corrected chi connectivity index (χ3v) is 6.47. The van der Waals surface area contributed by atoms with Crippen molar-refractivity contribution in [3.63, 3.8) is 0 Å². The summed E-state index contributed by atoms with van der Waals surface area (Å²) in [5, 5.41) is 0. The van der Waals surface area contributed by atoms with Crippen molar-refractivity contribution in [2.75, 3.05) is 14.2 Å². The Balaban J connectivity index is 1.73. The second-order valence-electron chi connectivity index (χ2n) is 8.92. The molecule has 0 N–H and O–H groups in total. The average Bonchev–Trinajstić information content (AvgIpc) is 2.91. The standard InChI is InChI=1S/C28H26F2N2O7/c1-14-12-17(6-9-20(14)30)23(19-8-7-18(29)13-22(19)37-5)16(3)38-27(34)15(2)32-26(33)24-25(39-28(32)35)21(36-4)10-11-31-24/h6-13,15-16,23H,1-5H3/t15-,16-,23+/m0/s1. The molecule has 2 heterocycles. The molecule has 0 saturated carbocycles. The van der Waals surface area contributed by atoms with E-state index in [4.69, 9.17) is 18.6 Å². The van der Waals surface area contributed by atoms with Crippen molar-refractivity contribution >= 4 is 17.1 Å². The van der Waals surface area contributed by atoms with Crippen molar-refractivity contribution in [2.24, 2.45) is 0 Å². The van der Waals surface area contributed by atoms with E-state index in [2.05, 4.69) is 4.98 Å². The number of ether oxygens (including phenoxy) is 3. The molecular formula is C28H26F2N2O7. The van der Waals surface area contributed by atoms with Gasteiger partial charge >= 0.3 is 11.7 Å². The lowest BCUT2D eigenvalue weighted by Gasteiger charge is -2.28. The van der Waals surface area contributed by atoms with Crippen LogP contribution in [-0.2, 0) is 9.53 Å². The van der Waals surface area contributed by atoms with Crippen LogP contribution in [-0.4, -0.2) is 35.8 Å². The quantitative estimate of drug-likeness (QED) is 0.305. The van der Waals surface area contributed by atoms with E-state index in [0.717, 1.165) is 0 Å². The van der Waals surface area contributed by atoms with E-state index in [0.29, 0.717) is 21.3 Å². The lowest BCUT2D eigenvalue weighted by atomic mass is 9.85. The van der Waals surface area contributed by atoms with Crippen LogP contribution in [0.15, 0.2) is 62.7 Å². The lowest BCUT2D eigenvalue weighted by molar-refractivity contribution is -0.152. The van der Waals surface area contributed by atoms with E-state index < -0.39 is 47.0 Å². The van der Waals surface area contributed by atoms with Gasteiger partial charge in [0, 0.05) is 29.8 Å². The number of carbonyl (C=O) groups excluding carboxylic acids is 1. The summed E-state index contributed by atoms with van der Waals surface area (Å²) in [5.41, 5.74) is 0.214. The van der Waals surface area contributed by atoms with E-state index in [-0.39, 0.29) is 22.6 Å². The molecule has 0 saturated heterocycles. The second-order valence-corrected chi connectivity index (χ2v) is 8.92. The first kappa shape index (κ1) is 27.5. The Labute approximate surface area is 221 Å². The highest BCUT2D eigenvalue weighted by molar-refractivity contribution is 5.78. The molecule has 11 heteroatoms. The van der Waals surface area contributed by atoms with Crippen LogP contribution in [0.3, 0.4) is 0 Å². The molecule has 3 atom stereocenters. The summed E-state index contributed by atoms with van der Waals surface area (Å²) >= 11 is 0. The highest BCUT2D eigenvalue weighted by atomic mass is 19.1. The van der Waals surface area contributed by atoms with Gasteiger partial charge in [0.2, 0.25) is 5.58 Å². The number of rotatable bonds is 8. The van der Waals surface area contributed by atoms with E-state index in [1.54, 1.807) is 19.9 Å². The molecule has 2 aromatic heterocycles. The largest absolute Gasteiger partial charge is 0.496 e. The molecule has 204 valence electrons. The van der Waals surface area contributed by atoms with E-state index in [9.17, 15) is 23.2 Å². The number of fused-ring (bicyclic) bond motifs is 1. The topological polar surface area (TPSA) is 110 Å². The van der Waals surface area contributed by atoms with Gasteiger partial charge in [-0.05, 0) is 44.0 Å². The molecule has 0 aliphatic rings. The van der Waals surface area contributed by atoms with Gasteiger partial charge in [-0.2, -0.15) is 0 Å². The summed E-state index contributed by atoms with van der Waals surface area (Å²) in [6, 6.07) is 8.37. The molecule has 0 amide bonds. The first-order chi connectivity index (χ1) is 18.6. The first-order valence-corrected chi connectivity index (χ1v) is 12.0. The number of carbonyl (C=O) groups is 1. The van der Waals surface area contributed by atoms with Crippen LogP contribution < -0.4 is 20.8 Å². The molecule has 4 rings (SSSR count). The number of nitrogens with zero attached hydrogens (tertiary/aromatic N) is 2. The Bertz CT molecular complexity index is 1660. The Hall–Kier alpha value is -4.54. The van der Waals surface area contributed by atoms with E-state index in [1.165, 1.54) is 63.7 Å². The Morgan fingerprint density at radius 2 is 1.72 bits per heavy atom. The predicted molar refractivity (Wildman–Crippen MR) is 137 cm³/mol. The van der Waals surface area contributed by atoms with Crippen LogP contribution in [0.1, 0.15) is 42.5 Å². The molecule has 4 aromatic rings. The number of methoxy groups -OCH3 is 2. The van der Waals surface area contributed by atoms with Crippen molar-refractivity contribution in [1.29, 1.82) is 0 Å². The first-order valence-electron chi connectivity index (χ1n) is 12.0. The fraction of sp³-hybridized carbons (Fsp3) is 0.286. The number of aromatic nitrogens is 2. The Morgan fingerprint density at radius 1 is 1.00 bits per heavy atom. The Kier molecular flexibility index (Phi) is 7.80. The van der Waals surface area contributed by atoms with Gasteiger partial charge in [-0.1, -0.05) is 18.2 Å². The highest BCUT2D eigenvalue weighted by Gasteiger charge is 2.31. The van der Waals surface area contributed by atoms with Crippen molar-refractivity contribution in [3.8, 4) is 11.5 Å². The summed E-state index contributed by atoms with van der Waals surface area (Å²) in [5.74, 6) is -3.34. The van der Waals surface area contributed by atoms with Gasteiger partial charge in [-0.25, -0.2) is 27.9 Å². The van der Waals surface area contributed by atoms with Crippen molar-refractivity contribution < 1.29 is 32.2 Å². The zero-order valence-electron chi connectivity index (χ0n) is 21.9. The van der Waals surface area contributed by atoms with Crippen LogP contribution in [0.2, 0.25) is 0 Å². The molecule has 0 unspecified atom stereocenters. The SMILES string of the molecule is COc1cc(F)ccc1[C@@H](c1ccc(F)c(C)c1)[C@H](C)OC(=O)[C@H](C)n1c(=O)oc2c(OC)ccnc2c1=O. The number of pyridine rings is 1. The van der Waals surface area contributed by atoms with E-state index in [1.807, 2.05) is 0 Å². The van der Waals surface area contributed by atoms with Crippen LogP contribution in [0.4, 0.5) is 8.78 Å². The maximum Gasteiger partial charge on any atom is 0.423 e. The summed E-state index contributed by atoms with van der Waals surface area (Å²) in [7, 11) is 2.72. The van der Waals surface area contributed by atoms with Gasteiger partial charge in [-0.15, -0.1) is 0 Å². The van der Waals surface area contributed by atoms with Crippen LogP contribution in [0.5, 0.6) is 11.5 Å². The van der Waals surface area contributed by atoms with Gasteiger partial charge in [0.1, 0.15) is 29.5 Å². The van der Waals surface area contributed by atoms with Crippen LogP contribution in [0, 0.1) is 18.6 Å². The summed E-state index contributed by atoms with van der Waals surface area (Å²) in [6.07, 6.45) is 0.383. The molecule has 0 spiro atoms. The number of benzene rings is 2. The number of hydrogen-bond acceptors (Lipinski definition) is 8. The monoisotopic (exact) mass is 540 g/mol. The molecule has 0 aliphatic heterocycles. The smallest absolute Gasteiger partial charge is 0.423 e. The number of hydrogen-bond donors (Lipinski definition) is 0. The van der Waals surface area contributed by atoms with Crippen LogP contribution >= 0.6 is 0 Å². The second kappa shape index (κ2) is 11.1. The van der Waals surface area contributed by atoms with Crippen molar-refractivity contribution in [1.82, 2.24) is 9.55 Å². The normalized spacial score (nSPS) is 13.5. The third kappa shape index (κ3) is 5.25. The fourth-order valence-corrected chi connectivity index (χ4v) is 4.47. The molecular weight excluding hydrogens is 514 g/mol. The molecule has 9 nitrogen and oxygen atoms in total. The van der Waals surface area contributed by atoms with E-state index >= 15 is 0 Å². The van der Waals surface area contributed by atoms with Gasteiger partial charge in [0.05, 0.1) is 14.2 Å². The highest BCUT2D eigenvalue weighted by Crippen LogP contribution is 2.37. The van der Waals surface area contributed by atoms with Crippen molar-refractivity contribution in [3.05, 3.63) is 97.9 Å². The molecule has 2 aromatic carbocycles. The number of halogens is 2. The average molecular weight is 541 g/mol. The maximum atomic E-state index is 14.1. The molecule has 0 aliphatic carbocycles. The maximum absolute atomic E-state index is 14.1. The van der Waals surface area contributed by atoms with Crippen LogP contribution in [0.25, 0.3) is 11.1 Å². The fourth-order valence-electron chi connectivity index (χ4n) is 4.47. The molecule has 0 bridgehead atoms. The van der Waals surface area contributed by atoms with Gasteiger partial charge < -0.3 is 18.6 Å². The zero-order chi connectivity index (χ0) is 28.4. The van der Waals surface area contributed by atoms with Gasteiger partial charge in [0.25, 0.3) is 5.56 Å². The van der Waals surface area contributed by atoms with Gasteiger partial charge in [0.15, 0.2) is 11.3 Å². The van der Waals surface area contributed by atoms with Gasteiger partial charge in [-0.3, -0.25) is 4.79 Å². The molecule has 0 fully saturated rings. The minimum absolute atomic E-state index is 0.135. The number of esters is 1. The van der Waals surface area contributed by atoms with Crippen molar-refractivity contribution in [2.45, 2.75) is 38.8 Å². The Morgan fingerprint density at radius 3 is 2.38 bits per heavy atom. The minimum Gasteiger partial charge on any atom is -0.496 e. The third-order valence-electron chi connectivity index (χ3n) is 6.47. The zero-order valence-corrected chi connectivity index (χ0v) is 21.9.